The molecule has 0 radical (unpaired) electrons. The molecule has 0 fully saturated rings. The molecule has 3 nitrogen and oxygen atoms in total. The number of carboxylic acid groups (broad SMARTS) is 1. The number of nitrogens with two attached hydrogens (primary N) is 1. The van der Waals surface area contributed by atoms with Crippen LogP contribution in [0.15, 0.2) is 0 Å². The molecule has 0 rings (SSSR count). The van der Waals surface area contributed by atoms with Gasteiger partial charge in [0.15, 0.2) is 0 Å². The summed E-state index contributed by atoms with van der Waals surface area (Å²) in [5, 5.41) is 8.31. The van der Waals surface area contributed by atoms with Crippen LogP contribution in [0.1, 0.15) is 20.3 Å². The fourth-order valence-corrected chi connectivity index (χ4v) is 0.609. The van der Waals surface area contributed by atoms with Crippen LogP contribution < -0.4 is 5.73 Å². The number of hydrogen-bond acceptors (Lipinski definition) is 2. The third-order valence-corrected chi connectivity index (χ3v) is 1.04. The van der Waals surface area contributed by atoms with Gasteiger partial charge in [-0.15, -0.1) is 0 Å². The molecule has 0 bridgehead atoms. The van der Waals surface area contributed by atoms with E-state index < -0.39 is 12.0 Å². The molecule has 0 spiro atoms. The number of carbonyl (C=O) groups is 1. The van der Waals surface area contributed by atoms with Crippen molar-refractivity contribution < 1.29 is 9.90 Å². The van der Waals surface area contributed by atoms with Crippen LogP contribution in [0.25, 0.3) is 0 Å². The lowest BCUT2D eigenvalue weighted by molar-refractivity contribution is -0.138. The molecular weight excluding hydrogens is 119 g/mol. The van der Waals surface area contributed by atoms with Gasteiger partial charge in [0.1, 0.15) is 6.04 Å². The highest BCUT2D eigenvalue weighted by Gasteiger charge is 2.11. The average Bonchev–Trinajstić information content (AvgIpc) is 1.63. The smallest absolute Gasteiger partial charge is 0.320 e. The maximum atomic E-state index is 10.1. The third kappa shape index (κ3) is 3.97. The molecule has 0 aromatic heterocycles. The van der Waals surface area contributed by atoms with E-state index in [9.17, 15) is 4.79 Å². The summed E-state index contributed by atoms with van der Waals surface area (Å²) in [6, 6.07) is -0.690. The van der Waals surface area contributed by atoms with Gasteiger partial charge in [-0.25, -0.2) is 0 Å². The molecule has 0 saturated carbocycles. The molecule has 0 aliphatic carbocycles. The van der Waals surface area contributed by atoms with Crippen molar-refractivity contribution in [3.05, 3.63) is 0 Å². The molecule has 1 atom stereocenters. The predicted octanol–water partition coefficient (Wildman–Crippen LogP) is 0.444. The van der Waals surface area contributed by atoms with Crippen LogP contribution in [0.5, 0.6) is 0 Å². The van der Waals surface area contributed by atoms with Gasteiger partial charge in [-0.2, -0.15) is 0 Å². The Hall–Kier alpha value is -0.570. The summed E-state index contributed by atoms with van der Waals surface area (Å²) < 4.78 is 0. The Morgan fingerprint density at radius 2 is 2.11 bits per heavy atom. The number of rotatable bonds is 3. The molecule has 9 heavy (non-hydrogen) atoms. The van der Waals surface area contributed by atoms with E-state index in [-0.39, 0.29) is 0 Å². The van der Waals surface area contributed by atoms with Crippen LogP contribution in [0.4, 0.5) is 0 Å². The van der Waals surface area contributed by atoms with Crippen molar-refractivity contribution in [1.29, 1.82) is 0 Å². The van der Waals surface area contributed by atoms with E-state index in [1.807, 2.05) is 13.8 Å². The van der Waals surface area contributed by atoms with Crippen LogP contribution in [0, 0.1) is 5.92 Å². The van der Waals surface area contributed by atoms with E-state index in [4.69, 9.17) is 10.8 Å². The number of aliphatic carboxylic acids is 1. The minimum Gasteiger partial charge on any atom is -0.480 e. The van der Waals surface area contributed by atoms with Crippen molar-refractivity contribution in [2.75, 3.05) is 0 Å². The Morgan fingerprint density at radius 3 is 2.22 bits per heavy atom. The van der Waals surface area contributed by atoms with Crippen LogP contribution in [-0.2, 0) is 4.79 Å². The van der Waals surface area contributed by atoms with Crippen molar-refractivity contribution in [2.24, 2.45) is 11.7 Å². The highest BCUT2D eigenvalue weighted by Crippen LogP contribution is 2.01. The summed E-state index contributed by atoms with van der Waals surface area (Å²) in [5.74, 6) is -0.556. The topological polar surface area (TPSA) is 63.3 Å². The van der Waals surface area contributed by atoms with E-state index in [1.165, 1.54) is 0 Å². The first-order valence-corrected chi connectivity index (χ1v) is 3.02. The molecule has 0 aromatic rings. The molecule has 0 aromatic carbocycles. The van der Waals surface area contributed by atoms with E-state index in [1.54, 1.807) is 0 Å². The monoisotopic (exact) mass is 132 g/mol. The first-order valence-electron chi connectivity index (χ1n) is 3.02. The third-order valence-electron chi connectivity index (χ3n) is 1.04. The number of hydrogen-bond donors (Lipinski definition) is 2. The largest absolute Gasteiger partial charge is 0.480 e. The summed E-state index contributed by atoms with van der Waals surface area (Å²) in [4.78, 5) is 10.1. The Bertz CT molecular complexity index is 101. The molecule has 3 N–H and O–H groups in total. The maximum absolute atomic E-state index is 10.1. The van der Waals surface area contributed by atoms with E-state index in [0.29, 0.717) is 12.3 Å². The van der Waals surface area contributed by atoms with Crippen LogP contribution in [0.2, 0.25) is 0 Å². The Morgan fingerprint density at radius 1 is 1.67 bits per heavy atom. The van der Waals surface area contributed by atoms with Gasteiger partial charge in [0.05, 0.1) is 0 Å². The molecule has 0 aliphatic rings. The highest BCUT2D eigenvalue weighted by molar-refractivity contribution is 5.72. The molecule has 3 heteroatoms. The molecule has 0 saturated heterocycles. The fourth-order valence-electron chi connectivity index (χ4n) is 0.609. The van der Waals surface area contributed by atoms with Gasteiger partial charge < -0.3 is 10.8 Å². The van der Waals surface area contributed by atoms with Crippen LogP contribution in [-0.4, -0.2) is 17.1 Å². The zero-order valence-corrected chi connectivity index (χ0v) is 5.79. The van der Waals surface area contributed by atoms with Crippen molar-refractivity contribution in [2.45, 2.75) is 26.3 Å². The first-order chi connectivity index (χ1) is 4.04. The molecular formula is C6H13NO2. The van der Waals surface area contributed by atoms with Gasteiger partial charge in [-0.1, -0.05) is 13.8 Å². The second-order valence-corrected chi connectivity index (χ2v) is 2.57. The van der Waals surface area contributed by atoms with E-state index in [0.717, 1.165) is 0 Å². The molecule has 0 unspecified atom stereocenters. The maximum Gasteiger partial charge on any atom is 0.320 e. The normalized spacial score (nSPS) is 13.8. The summed E-state index contributed by atoms with van der Waals surface area (Å²) in [6.45, 7) is 3.89. The van der Waals surface area contributed by atoms with Crippen molar-refractivity contribution in [3.8, 4) is 0 Å². The van der Waals surface area contributed by atoms with Gasteiger partial charge in [-0.3, -0.25) is 4.79 Å². The molecule has 0 aliphatic heterocycles. The number of carboxylic acids is 1. The Balaban J connectivity index is 3.50. The first kappa shape index (κ1) is 8.43. The summed E-state index contributed by atoms with van der Waals surface area (Å²) in [5.41, 5.74) is 5.22. The predicted molar refractivity (Wildman–Crippen MR) is 35.1 cm³/mol. The SMILES string of the molecule is CC(C)C[C@H](N)[13C](=O)O. The standard InChI is InChI=1S/C6H13NO2/c1-4(2)3-5(7)6(8)9/h4-5H,3,7H2,1-2H3,(H,8,9)/t5-/m0/s1/i6+1. The summed E-state index contributed by atoms with van der Waals surface area (Å²) >= 11 is 0. The quantitative estimate of drug-likeness (QED) is 0.548. The van der Waals surface area contributed by atoms with Crippen LogP contribution in [0.3, 0.4) is 0 Å². The van der Waals surface area contributed by atoms with Gasteiger partial charge >= 0.3 is 5.97 Å². The second-order valence-electron chi connectivity index (χ2n) is 2.57. The zero-order chi connectivity index (χ0) is 7.44. The lowest BCUT2D eigenvalue weighted by Crippen LogP contribution is -2.31. The highest BCUT2D eigenvalue weighted by atomic mass is 16.5. The zero-order valence-electron chi connectivity index (χ0n) is 5.79. The van der Waals surface area contributed by atoms with Crippen molar-refractivity contribution in [1.82, 2.24) is 0 Å². The molecule has 0 amide bonds. The van der Waals surface area contributed by atoms with Gasteiger partial charge in [0, 0.05) is 0 Å². The van der Waals surface area contributed by atoms with Crippen LogP contribution >= 0.6 is 0 Å². The summed E-state index contributed by atoms with van der Waals surface area (Å²) in [7, 11) is 0. The Labute approximate surface area is 54.9 Å². The second kappa shape index (κ2) is 3.45. The van der Waals surface area contributed by atoms with Gasteiger partial charge in [0.25, 0.3) is 0 Å². The lowest BCUT2D eigenvalue weighted by Gasteiger charge is -2.07. The van der Waals surface area contributed by atoms with E-state index >= 15 is 0 Å². The minimum absolute atomic E-state index is 0.357. The summed E-state index contributed by atoms with van der Waals surface area (Å²) in [6.07, 6.45) is 0.551. The van der Waals surface area contributed by atoms with Gasteiger partial charge in [-0.05, 0) is 12.3 Å². The van der Waals surface area contributed by atoms with Crippen molar-refractivity contribution in [3.63, 3.8) is 0 Å². The lowest BCUT2D eigenvalue weighted by atomic mass is 10.1. The minimum atomic E-state index is -0.913. The fraction of sp³-hybridized carbons (Fsp3) is 0.833. The van der Waals surface area contributed by atoms with Gasteiger partial charge in [0.2, 0.25) is 0 Å². The van der Waals surface area contributed by atoms with E-state index in [2.05, 4.69) is 0 Å². The molecule has 0 heterocycles. The average molecular weight is 132 g/mol. The van der Waals surface area contributed by atoms with Crippen molar-refractivity contribution >= 4 is 5.97 Å². The Kier molecular flexibility index (Phi) is 3.24. The molecule has 54 valence electrons.